The molecule has 3 nitrogen and oxygen atoms in total. The highest BCUT2D eigenvalue weighted by Gasteiger charge is 2.12. The Balaban J connectivity index is 1.94. The molecule has 0 saturated carbocycles. The van der Waals surface area contributed by atoms with E-state index >= 15 is 0 Å². The zero-order valence-corrected chi connectivity index (χ0v) is 11.9. The standard InChI is InChI=1S/C17H15FN2O/c1-11-7-15-16(8-12(11)2)20(10-19-15)17(21)9-13-3-5-14(18)6-4-13/h3-8,10H,9H2,1-2H3. The Bertz CT molecular complexity index is 819. The number of hydrogen-bond donors (Lipinski definition) is 0. The molecular weight excluding hydrogens is 267 g/mol. The van der Waals surface area contributed by atoms with Crippen LogP contribution in [0.4, 0.5) is 4.39 Å². The van der Waals surface area contributed by atoms with E-state index < -0.39 is 0 Å². The molecule has 0 atom stereocenters. The number of imidazole rings is 1. The normalized spacial score (nSPS) is 11.0. The number of benzene rings is 2. The van der Waals surface area contributed by atoms with Gasteiger partial charge in [0, 0.05) is 0 Å². The van der Waals surface area contributed by atoms with Crippen LogP contribution in [-0.4, -0.2) is 15.5 Å². The Hall–Kier alpha value is -2.49. The van der Waals surface area contributed by atoms with Crippen LogP contribution in [0.3, 0.4) is 0 Å². The molecule has 3 aromatic rings. The van der Waals surface area contributed by atoms with Gasteiger partial charge in [0.25, 0.3) is 0 Å². The molecule has 1 aromatic heterocycles. The maximum atomic E-state index is 12.9. The lowest BCUT2D eigenvalue weighted by atomic mass is 10.1. The summed E-state index contributed by atoms with van der Waals surface area (Å²) in [5.74, 6) is -0.377. The topological polar surface area (TPSA) is 34.9 Å². The highest BCUT2D eigenvalue weighted by atomic mass is 19.1. The van der Waals surface area contributed by atoms with E-state index in [0.29, 0.717) is 0 Å². The van der Waals surface area contributed by atoms with Gasteiger partial charge in [-0.1, -0.05) is 12.1 Å². The minimum Gasteiger partial charge on any atom is -0.274 e. The van der Waals surface area contributed by atoms with Crippen LogP contribution in [0.2, 0.25) is 0 Å². The molecule has 0 N–H and O–H groups in total. The molecule has 1 heterocycles. The van der Waals surface area contributed by atoms with Crippen molar-refractivity contribution in [2.45, 2.75) is 20.3 Å². The average molecular weight is 282 g/mol. The fraction of sp³-hybridized carbons (Fsp3) is 0.176. The predicted molar refractivity (Wildman–Crippen MR) is 79.9 cm³/mol. The molecule has 106 valence electrons. The van der Waals surface area contributed by atoms with Crippen molar-refractivity contribution >= 4 is 16.9 Å². The third kappa shape index (κ3) is 2.57. The molecule has 0 unspecified atom stereocenters. The largest absolute Gasteiger partial charge is 0.274 e. The lowest BCUT2D eigenvalue weighted by molar-refractivity contribution is 0.0919. The molecular formula is C17H15FN2O. The minimum atomic E-state index is -0.301. The van der Waals surface area contributed by atoms with E-state index in [1.165, 1.54) is 12.1 Å². The highest BCUT2D eigenvalue weighted by Crippen LogP contribution is 2.19. The summed E-state index contributed by atoms with van der Waals surface area (Å²) in [5, 5.41) is 0. The molecule has 0 bridgehead atoms. The Morgan fingerprint density at radius 2 is 1.81 bits per heavy atom. The van der Waals surface area contributed by atoms with Gasteiger partial charge in [0.2, 0.25) is 5.91 Å². The summed E-state index contributed by atoms with van der Waals surface area (Å²) in [5.41, 5.74) is 4.68. The Morgan fingerprint density at radius 3 is 2.52 bits per heavy atom. The summed E-state index contributed by atoms with van der Waals surface area (Å²) in [7, 11) is 0. The van der Waals surface area contributed by atoms with E-state index in [-0.39, 0.29) is 18.1 Å². The monoisotopic (exact) mass is 282 g/mol. The van der Waals surface area contributed by atoms with Crippen LogP contribution in [0.1, 0.15) is 21.5 Å². The van der Waals surface area contributed by atoms with Gasteiger partial charge < -0.3 is 0 Å². The molecule has 0 fully saturated rings. The fourth-order valence-corrected chi connectivity index (χ4v) is 2.32. The molecule has 0 saturated heterocycles. The Labute approximate surface area is 122 Å². The van der Waals surface area contributed by atoms with E-state index in [0.717, 1.165) is 27.7 Å². The van der Waals surface area contributed by atoms with E-state index in [2.05, 4.69) is 4.98 Å². The molecule has 0 aliphatic rings. The van der Waals surface area contributed by atoms with Crippen molar-refractivity contribution in [1.82, 2.24) is 9.55 Å². The van der Waals surface area contributed by atoms with E-state index in [4.69, 9.17) is 0 Å². The quantitative estimate of drug-likeness (QED) is 0.718. The number of fused-ring (bicyclic) bond motifs is 1. The number of hydrogen-bond acceptors (Lipinski definition) is 2. The van der Waals surface area contributed by atoms with Crippen molar-refractivity contribution in [2.75, 3.05) is 0 Å². The SMILES string of the molecule is Cc1cc2ncn(C(=O)Cc3ccc(F)cc3)c2cc1C. The van der Waals surface area contributed by atoms with Gasteiger partial charge in [-0.05, 0) is 54.8 Å². The van der Waals surface area contributed by atoms with Crippen LogP contribution in [0.25, 0.3) is 11.0 Å². The summed E-state index contributed by atoms with van der Waals surface area (Å²) >= 11 is 0. The van der Waals surface area contributed by atoms with Crippen molar-refractivity contribution < 1.29 is 9.18 Å². The molecule has 0 aliphatic heterocycles. The van der Waals surface area contributed by atoms with Gasteiger partial charge in [-0.25, -0.2) is 9.37 Å². The Morgan fingerprint density at radius 1 is 1.14 bits per heavy atom. The number of carbonyl (C=O) groups is 1. The molecule has 0 spiro atoms. The van der Waals surface area contributed by atoms with Crippen molar-refractivity contribution in [2.24, 2.45) is 0 Å². The van der Waals surface area contributed by atoms with E-state index in [1.807, 2.05) is 26.0 Å². The summed E-state index contributed by atoms with van der Waals surface area (Å²) in [6, 6.07) is 9.93. The predicted octanol–water partition coefficient (Wildman–Crippen LogP) is 3.68. The van der Waals surface area contributed by atoms with Gasteiger partial charge in [-0.3, -0.25) is 9.36 Å². The molecule has 4 heteroatoms. The third-order valence-corrected chi connectivity index (χ3v) is 3.70. The zero-order chi connectivity index (χ0) is 15.0. The molecule has 2 aromatic carbocycles. The first-order valence-electron chi connectivity index (χ1n) is 6.76. The number of carbonyl (C=O) groups excluding carboxylic acids is 1. The van der Waals surface area contributed by atoms with Crippen LogP contribution in [0, 0.1) is 19.7 Å². The van der Waals surface area contributed by atoms with Gasteiger partial charge in [-0.2, -0.15) is 0 Å². The minimum absolute atomic E-state index is 0.0765. The van der Waals surface area contributed by atoms with Crippen molar-refractivity contribution in [3.05, 3.63) is 65.2 Å². The first-order chi connectivity index (χ1) is 10.0. The summed E-state index contributed by atoms with van der Waals surface area (Å²) in [6.45, 7) is 4.03. The number of nitrogens with zero attached hydrogens (tertiary/aromatic N) is 2. The molecule has 0 radical (unpaired) electrons. The second-order valence-electron chi connectivity index (χ2n) is 5.24. The van der Waals surface area contributed by atoms with Gasteiger partial charge in [0.1, 0.15) is 12.1 Å². The zero-order valence-electron chi connectivity index (χ0n) is 11.9. The van der Waals surface area contributed by atoms with Gasteiger partial charge in [0.15, 0.2) is 0 Å². The number of aromatic nitrogens is 2. The third-order valence-electron chi connectivity index (χ3n) is 3.70. The number of aryl methyl sites for hydroxylation is 2. The molecule has 0 amide bonds. The molecule has 3 rings (SSSR count). The van der Waals surface area contributed by atoms with Crippen molar-refractivity contribution in [3.8, 4) is 0 Å². The number of rotatable bonds is 2. The van der Waals surface area contributed by atoms with Gasteiger partial charge in [0.05, 0.1) is 17.5 Å². The van der Waals surface area contributed by atoms with Gasteiger partial charge in [-0.15, -0.1) is 0 Å². The lowest BCUT2D eigenvalue weighted by Gasteiger charge is -2.05. The maximum Gasteiger partial charge on any atom is 0.236 e. The summed E-state index contributed by atoms with van der Waals surface area (Å²) in [6.07, 6.45) is 1.77. The second kappa shape index (κ2) is 5.13. The lowest BCUT2D eigenvalue weighted by Crippen LogP contribution is -2.12. The van der Waals surface area contributed by atoms with E-state index in [9.17, 15) is 9.18 Å². The highest BCUT2D eigenvalue weighted by molar-refractivity contribution is 5.91. The number of halogens is 1. The van der Waals surface area contributed by atoms with Crippen LogP contribution in [-0.2, 0) is 6.42 Å². The fourth-order valence-electron chi connectivity index (χ4n) is 2.32. The smallest absolute Gasteiger partial charge is 0.236 e. The van der Waals surface area contributed by atoms with Crippen LogP contribution in [0.5, 0.6) is 0 Å². The van der Waals surface area contributed by atoms with Crippen LogP contribution in [0.15, 0.2) is 42.7 Å². The first-order valence-corrected chi connectivity index (χ1v) is 6.76. The van der Waals surface area contributed by atoms with Gasteiger partial charge >= 0.3 is 0 Å². The average Bonchev–Trinajstić information content (AvgIpc) is 2.85. The maximum absolute atomic E-state index is 12.9. The molecule has 21 heavy (non-hydrogen) atoms. The summed E-state index contributed by atoms with van der Waals surface area (Å²) < 4.78 is 14.4. The Kier molecular flexibility index (Phi) is 3.29. The molecule has 0 aliphatic carbocycles. The van der Waals surface area contributed by atoms with Crippen LogP contribution < -0.4 is 0 Å². The van der Waals surface area contributed by atoms with Crippen molar-refractivity contribution in [1.29, 1.82) is 0 Å². The summed E-state index contributed by atoms with van der Waals surface area (Å²) in [4.78, 5) is 16.7. The second-order valence-corrected chi connectivity index (χ2v) is 5.24. The first kappa shape index (κ1) is 13.5. The van der Waals surface area contributed by atoms with Crippen molar-refractivity contribution in [3.63, 3.8) is 0 Å². The van der Waals surface area contributed by atoms with Crippen LogP contribution >= 0.6 is 0 Å². The van der Waals surface area contributed by atoms with E-state index in [1.54, 1.807) is 23.0 Å².